The molecule has 2 rings (SSSR count). The van der Waals surface area contributed by atoms with Gasteiger partial charge < -0.3 is 20.1 Å². The molecule has 24 heavy (non-hydrogen) atoms. The molecule has 1 saturated heterocycles. The van der Waals surface area contributed by atoms with Gasteiger partial charge in [-0.2, -0.15) is 0 Å². The Morgan fingerprint density at radius 3 is 2.58 bits per heavy atom. The van der Waals surface area contributed by atoms with E-state index in [2.05, 4.69) is 33.1 Å². The average Bonchev–Trinajstić information content (AvgIpc) is 2.51. The van der Waals surface area contributed by atoms with Gasteiger partial charge in [0.2, 0.25) is 0 Å². The van der Waals surface area contributed by atoms with Gasteiger partial charge in [0.1, 0.15) is 12.5 Å². The topological polar surface area (TPSA) is 76.7 Å². The second-order valence-electron chi connectivity index (χ2n) is 5.72. The van der Waals surface area contributed by atoms with Crippen molar-refractivity contribution in [3.05, 3.63) is 46.6 Å². The van der Waals surface area contributed by atoms with E-state index < -0.39 is 17.9 Å². The Balaban J connectivity index is 2.10. The lowest BCUT2D eigenvalue weighted by molar-refractivity contribution is -0.150. The van der Waals surface area contributed by atoms with Gasteiger partial charge in [0.05, 0.1) is 18.8 Å². The minimum Gasteiger partial charge on any atom is -0.463 e. The summed E-state index contributed by atoms with van der Waals surface area (Å²) in [5.41, 5.74) is 1.12. The number of urea groups is 1. The first-order valence-corrected chi connectivity index (χ1v) is 8.48. The summed E-state index contributed by atoms with van der Waals surface area (Å²) < 4.78 is 11.6. The van der Waals surface area contributed by atoms with Crippen LogP contribution in [0.4, 0.5) is 4.79 Å². The van der Waals surface area contributed by atoms with Gasteiger partial charge in [-0.15, -0.1) is 0 Å². The standard InChI is InChI=1S/C17H21BrN2O4/c1-10(2)23-8-9-24-16(21)14-11(3)19-17(22)20-15(14)12-4-6-13(18)7-5-12/h4-7,10,14-15H,3,8-9H2,1-2H3,(H2,19,20,22)/t14-,15+/m1/s1. The zero-order valence-corrected chi connectivity index (χ0v) is 15.3. The van der Waals surface area contributed by atoms with E-state index in [-0.39, 0.29) is 18.7 Å². The Bertz CT molecular complexity index is 616. The van der Waals surface area contributed by atoms with Crippen LogP contribution in [-0.2, 0) is 14.3 Å². The van der Waals surface area contributed by atoms with E-state index in [4.69, 9.17) is 9.47 Å². The Morgan fingerprint density at radius 1 is 1.29 bits per heavy atom. The molecule has 0 unspecified atom stereocenters. The molecule has 6 nitrogen and oxygen atoms in total. The minimum atomic E-state index is -0.706. The molecule has 0 saturated carbocycles. The van der Waals surface area contributed by atoms with Gasteiger partial charge in [-0.25, -0.2) is 4.79 Å². The highest BCUT2D eigenvalue weighted by atomic mass is 79.9. The first-order valence-electron chi connectivity index (χ1n) is 7.68. The molecule has 130 valence electrons. The average molecular weight is 397 g/mol. The van der Waals surface area contributed by atoms with E-state index in [0.29, 0.717) is 12.3 Å². The molecule has 0 aliphatic carbocycles. The lowest BCUT2D eigenvalue weighted by atomic mass is 9.89. The molecule has 2 amide bonds. The number of esters is 1. The molecule has 0 radical (unpaired) electrons. The lowest BCUT2D eigenvalue weighted by Gasteiger charge is -2.33. The van der Waals surface area contributed by atoms with E-state index >= 15 is 0 Å². The SMILES string of the molecule is C=C1NC(=O)N[C@@H](c2ccc(Br)cc2)[C@@H]1C(=O)OCCOC(C)C. The van der Waals surface area contributed by atoms with Crippen LogP contribution in [0.15, 0.2) is 41.0 Å². The van der Waals surface area contributed by atoms with Crippen molar-refractivity contribution in [3.63, 3.8) is 0 Å². The third-order valence-corrected chi connectivity index (χ3v) is 4.06. The molecule has 1 aromatic carbocycles. The predicted octanol–water partition coefficient (Wildman–Crippen LogP) is 2.90. The van der Waals surface area contributed by atoms with Crippen LogP contribution in [-0.4, -0.2) is 31.3 Å². The highest BCUT2D eigenvalue weighted by Crippen LogP contribution is 2.31. The summed E-state index contributed by atoms with van der Waals surface area (Å²) in [5.74, 6) is -1.16. The smallest absolute Gasteiger partial charge is 0.319 e. The van der Waals surface area contributed by atoms with E-state index in [0.717, 1.165) is 10.0 Å². The molecule has 0 bridgehead atoms. The molecule has 1 aliphatic rings. The van der Waals surface area contributed by atoms with E-state index in [1.165, 1.54) is 0 Å². The van der Waals surface area contributed by atoms with Crippen LogP contribution < -0.4 is 10.6 Å². The Morgan fingerprint density at radius 2 is 1.96 bits per heavy atom. The summed E-state index contributed by atoms with van der Waals surface area (Å²) in [6, 6.07) is 6.47. The predicted molar refractivity (Wildman–Crippen MR) is 93.2 cm³/mol. The summed E-state index contributed by atoms with van der Waals surface area (Å²) in [5, 5.41) is 5.31. The first-order chi connectivity index (χ1) is 11.4. The fourth-order valence-electron chi connectivity index (χ4n) is 2.43. The number of carbonyl (C=O) groups is 2. The molecular formula is C17H21BrN2O4. The molecule has 0 aromatic heterocycles. The van der Waals surface area contributed by atoms with Crippen LogP contribution in [0.5, 0.6) is 0 Å². The monoisotopic (exact) mass is 396 g/mol. The Labute approximate surface area is 149 Å². The van der Waals surface area contributed by atoms with Crippen molar-refractivity contribution in [2.24, 2.45) is 5.92 Å². The molecule has 0 spiro atoms. The zero-order chi connectivity index (χ0) is 17.7. The number of nitrogens with one attached hydrogen (secondary N) is 2. The van der Waals surface area contributed by atoms with Crippen molar-refractivity contribution in [1.29, 1.82) is 0 Å². The highest BCUT2D eigenvalue weighted by molar-refractivity contribution is 9.10. The number of benzene rings is 1. The van der Waals surface area contributed by atoms with E-state index in [1.807, 2.05) is 38.1 Å². The van der Waals surface area contributed by atoms with Crippen LogP contribution in [0.25, 0.3) is 0 Å². The van der Waals surface area contributed by atoms with Gasteiger partial charge in [-0.05, 0) is 31.5 Å². The molecule has 1 fully saturated rings. The summed E-state index contributed by atoms with van der Waals surface area (Å²) in [6.07, 6.45) is 0.0739. The number of amides is 2. The van der Waals surface area contributed by atoms with E-state index in [9.17, 15) is 9.59 Å². The largest absolute Gasteiger partial charge is 0.463 e. The number of halogens is 1. The lowest BCUT2D eigenvalue weighted by Crippen LogP contribution is -2.51. The first kappa shape index (κ1) is 18.5. The van der Waals surface area contributed by atoms with Crippen LogP contribution in [0.3, 0.4) is 0 Å². The number of carbonyl (C=O) groups excluding carboxylic acids is 2. The maximum Gasteiger partial charge on any atom is 0.319 e. The Kier molecular flexibility index (Phi) is 6.39. The molecule has 2 N–H and O–H groups in total. The third kappa shape index (κ3) is 4.82. The maximum absolute atomic E-state index is 12.5. The second kappa shape index (κ2) is 8.30. The van der Waals surface area contributed by atoms with Crippen LogP contribution in [0, 0.1) is 5.92 Å². The quantitative estimate of drug-likeness (QED) is 0.572. The van der Waals surface area contributed by atoms with Crippen LogP contribution >= 0.6 is 15.9 Å². The van der Waals surface area contributed by atoms with Crippen molar-refractivity contribution in [2.75, 3.05) is 13.2 Å². The highest BCUT2D eigenvalue weighted by Gasteiger charge is 2.38. The second-order valence-corrected chi connectivity index (χ2v) is 6.63. The molecule has 7 heteroatoms. The van der Waals surface area contributed by atoms with Crippen LogP contribution in [0.1, 0.15) is 25.5 Å². The minimum absolute atomic E-state index is 0.0739. The van der Waals surface area contributed by atoms with Gasteiger partial charge in [0.15, 0.2) is 0 Å². The molecule has 1 aliphatic heterocycles. The summed E-state index contributed by atoms with van der Waals surface area (Å²) >= 11 is 3.37. The van der Waals surface area contributed by atoms with Crippen molar-refractivity contribution in [1.82, 2.24) is 10.6 Å². The van der Waals surface area contributed by atoms with Crippen molar-refractivity contribution in [3.8, 4) is 0 Å². The van der Waals surface area contributed by atoms with Gasteiger partial charge in [0.25, 0.3) is 0 Å². The molecule has 1 aromatic rings. The summed E-state index contributed by atoms with van der Waals surface area (Å²) in [6.45, 7) is 8.10. The molecule has 1 heterocycles. The number of hydrogen-bond donors (Lipinski definition) is 2. The fraction of sp³-hybridized carbons (Fsp3) is 0.412. The van der Waals surface area contributed by atoms with Crippen molar-refractivity contribution in [2.45, 2.75) is 26.0 Å². The van der Waals surface area contributed by atoms with Gasteiger partial charge in [-0.3, -0.25) is 4.79 Å². The normalized spacial score (nSPS) is 20.5. The van der Waals surface area contributed by atoms with Gasteiger partial charge >= 0.3 is 12.0 Å². The Hall–Kier alpha value is -1.86. The van der Waals surface area contributed by atoms with Crippen molar-refractivity contribution < 1.29 is 19.1 Å². The molecule has 2 atom stereocenters. The maximum atomic E-state index is 12.5. The van der Waals surface area contributed by atoms with Crippen LogP contribution in [0.2, 0.25) is 0 Å². The summed E-state index contributed by atoms with van der Waals surface area (Å²) in [4.78, 5) is 24.2. The van der Waals surface area contributed by atoms with Gasteiger partial charge in [-0.1, -0.05) is 34.6 Å². The van der Waals surface area contributed by atoms with Gasteiger partial charge in [0, 0.05) is 10.2 Å². The fourth-order valence-corrected chi connectivity index (χ4v) is 2.69. The van der Waals surface area contributed by atoms with E-state index in [1.54, 1.807) is 0 Å². The molecular weight excluding hydrogens is 376 g/mol. The number of hydrogen-bond acceptors (Lipinski definition) is 4. The number of ether oxygens (including phenoxy) is 2. The summed E-state index contributed by atoms with van der Waals surface area (Å²) in [7, 11) is 0. The zero-order valence-electron chi connectivity index (χ0n) is 13.7. The third-order valence-electron chi connectivity index (χ3n) is 3.53. The number of rotatable bonds is 6. The van der Waals surface area contributed by atoms with Crippen molar-refractivity contribution >= 4 is 27.9 Å².